The van der Waals surface area contributed by atoms with Crippen molar-refractivity contribution in [2.45, 2.75) is 247 Å². The van der Waals surface area contributed by atoms with E-state index >= 15 is 0 Å². The fourth-order valence-electron chi connectivity index (χ4n) is 14.9. The molecule has 1 unspecified atom stereocenters. The Labute approximate surface area is 446 Å². The van der Waals surface area contributed by atoms with Crippen LogP contribution in [0.15, 0.2) is 35.9 Å². The number of Topliss-reactive ketones (excluding diaryl/α,β-unsaturated/α-hetero) is 1. The van der Waals surface area contributed by atoms with E-state index in [2.05, 4.69) is 6.92 Å². The van der Waals surface area contributed by atoms with Crippen molar-refractivity contribution in [3.63, 3.8) is 0 Å². The summed E-state index contributed by atoms with van der Waals surface area (Å²) < 4.78 is 81.5. The molecule has 20 nitrogen and oxygen atoms in total. The number of fused-ring (bicyclic) bond motifs is 5. The number of methoxy groups -OCH3 is 4. The van der Waals surface area contributed by atoms with Crippen molar-refractivity contribution < 1.29 is 96.7 Å². The highest BCUT2D eigenvalue weighted by Crippen LogP contribution is 2.71. The zero-order chi connectivity index (χ0) is 54.9. The number of hydrogen-bond donors (Lipinski definition) is 5. The van der Waals surface area contributed by atoms with E-state index in [0.717, 1.165) is 5.57 Å². The van der Waals surface area contributed by atoms with E-state index in [1.54, 1.807) is 42.3 Å². The first-order valence-electron chi connectivity index (χ1n) is 27.4. The average molecular weight is 1080 g/mol. The molecule has 0 spiro atoms. The monoisotopic (exact) mass is 1080 g/mol. The Morgan fingerprint density at radius 2 is 1.11 bits per heavy atom. The van der Waals surface area contributed by atoms with Crippen LogP contribution in [0.1, 0.15) is 129 Å². The predicted molar refractivity (Wildman–Crippen MR) is 267 cm³/mol. The molecule has 76 heavy (non-hydrogen) atoms. The molecule has 9 rings (SSSR count). The molecule has 7 fully saturated rings. The molecule has 5 N–H and O–H groups in total. The summed E-state index contributed by atoms with van der Waals surface area (Å²) in [5, 5.41) is 58.4. The van der Waals surface area contributed by atoms with E-state index in [9.17, 15) is 35.1 Å². The first-order valence-corrected chi connectivity index (χ1v) is 27.4. The number of aromatic hydroxyl groups is 1. The van der Waals surface area contributed by atoms with Crippen LogP contribution in [0.2, 0.25) is 0 Å². The number of phenolic OH excluding ortho intramolecular Hbond substituents is 1. The van der Waals surface area contributed by atoms with Crippen molar-refractivity contribution in [2.24, 2.45) is 16.7 Å². The fourth-order valence-corrected chi connectivity index (χ4v) is 14.9. The number of rotatable bonds is 15. The van der Waals surface area contributed by atoms with Gasteiger partial charge in [0.2, 0.25) is 0 Å². The van der Waals surface area contributed by atoms with Gasteiger partial charge in [0.05, 0.1) is 65.9 Å². The SMILES string of the molecule is CO[C@H]1C[C@H](O[C@@H]2[C@@H](C)O[C@@H](O[C@H]3[C@@H](OC)C[C@H](O[C@H]4[C@@H](OC)C[C@H](O[C@H]5CC[C@@]6(C)C(=CC[C@]7(O)[C@@H]6C[C@@H](OC(=O)c6ccc(O)cc6)[C@@]6(C)C7(O)CC[C@@]6(O)C(C)=O)C5)O[C@@H]4C)O[C@@H]3C)C[C@H]2OC)O[C@H](C)[C@H]1O. The highest BCUT2D eigenvalue weighted by Gasteiger charge is 2.81. The van der Waals surface area contributed by atoms with Gasteiger partial charge in [0.25, 0.3) is 0 Å². The topological polar surface area (TPSA) is 255 Å². The molecule has 428 valence electrons. The van der Waals surface area contributed by atoms with E-state index in [1.807, 2.05) is 26.8 Å². The zero-order valence-electron chi connectivity index (χ0n) is 46.0. The van der Waals surface area contributed by atoms with Gasteiger partial charge in [0, 0.05) is 60.0 Å². The lowest BCUT2D eigenvalue weighted by molar-refractivity contribution is -0.347. The number of aliphatic hydroxyl groups excluding tert-OH is 1. The lowest BCUT2D eigenvalue weighted by Gasteiger charge is -2.67. The molecule has 3 saturated carbocycles. The second-order valence-electron chi connectivity index (χ2n) is 23.4. The van der Waals surface area contributed by atoms with Crippen molar-refractivity contribution in [3.8, 4) is 5.75 Å². The number of benzene rings is 1. The molecule has 0 aromatic heterocycles. The van der Waals surface area contributed by atoms with Crippen molar-refractivity contribution in [3.05, 3.63) is 41.5 Å². The Morgan fingerprint density at radius 1 is 0.632 bits per heavy atom. The standard InChI is InChI=1S/C56H84O20/c1-28-47(59)37(64-8)23-44(68-28)74-49-30(3)70-46(25-39(49)66-10)76-50-31(4)71-45(26-40(50)67-11)75-48-29(2)69-43(24-38(48)65-9)72-36-17-18-52(6)34(22-36)16-19-55(62)41(52)27-42(73-51(60)33-12-14-35(58)15-13-33)53(7)54(61,32(5)57)20-21-56(53,55)63/h12-16,28-31,36-50,58-59,61-63H,17-27H2,1-11H3/t28-,29-,30-,31-,36+,37+,38+,39-,40+,41-,42-,43+,44+,45+,46+,47-,48-,49-,50-,52+,53-,54-,55+,56?/m1/s1. The van der Waals surface area contributed by atoms with Gasteiger partial charge >= 0.3 is 5.97 Å². The molecule has 1 aromatic rings. The van der Waals surface area contributed by atoms with Gasteiger partial charge in [-0.2, -0.15) is 0 Å². The van der Waals surface area contributed by atoms with Gasteiger partial charge in [0.1, 0.15) is 53.1 Å². The molecule has 8 aliphatic rings. The number of aliphatic hydroxyl groups is 4. The van der Waals surface area contributed by atoms with E-state index in [0.29, 0.717) is 44.9 Å². The van der Waals surface area contributed by atoms with Crippen molar-refractivity contribution in [2.75, 3.05) is 28.4 Å². The minimum Gasteiger partial charge on any atom is -0.508 e. The van der Waals surface area contributed by atoms with Crippen molar-refractivity contribution >= 4 is 11.8 Å². The van der Waals surface area contributed by atoms with E-state index < -0.39 is 144 Å². The molecule has 1 aromatic carbocycles. The minimum atomic E-state index is -2.08. The van der Waals surface area contributed by atoms with Crippen LogP contribution in [0.25, 0.3) is 0 Å². The number of hydrogen-bond acceptors (Lipinski definition) is 20. The molecule has 4 aliphatic heterocycles. The summed E-state index contributed by atoms with van der Waals surface area (Å²) in [4.78, 5) is 27.1. The second-order valence-corrected chi connectivity index (χ2v) is 23.4. The number of phenols is 1. The lowest BCUT2D eigenvalue weighted by Crippen LogP contribution is -2.78. The summed E-state index contributed by atoms with van der Waals surface area (Å²) in [6.07, 6.45) is -4.55. The number of carbonyl (C=O) groups excluding carboxylic acids is 2. The molecule has 0 radical (unpaired) electrons. The van der Waals surface area contributed by atoms with Crippen LogP contribution in [-0.4, -0.2) is 193 Å². The molecule has 4 saturated heterocycles. The molecule has 4 aliphatic carbocycles. The van der Waals surface area contributed by atoms with Crippen LogP contribution in [0.4, 0.5) is 0 Å². The van der Waals surface area contributed by atoms with E-state index in [1.165, 1.54) is 31.2 Å². The average Bonchev–Trinajstić information content (AvgIpc) is 3.84. The van der Waals surface area contributed by atoms with Crippen LogP contribution in [0, 0.1) is 16.7 Å². The van der Waals surface area contributed by atoms with Gasteiger partial charge in [-0.05, 0) is 116 Å². The third-order valence-corrected chi connectivity index (χ3v) is 19.5. The van der Waals surface area contributed by atoms with Crippen molar-refractivity contribution in [1.29, 1.82) is 0 Å². The largest absolute Gasteiger partial charge is 0.508 e. The zero-order valence-corrected chi connectivity index (χ0v) is 46.0. The highest BCUT2D eigenvalue weighted by molar-refractivity contribution is 5.90. The van der Waals surface area contributed by atoms with Crippen LogP contribution in [0.5, 0.6) is 5.75 Å². The third kappa shape index (κ3) is 10.0. The van der Waals surface area contributed by atoms with E-state index in [-0.39, 0.29) is 49.2 Å². The predicted octanol–water partition coefficient (Wildman–Crippen LogP) is 4.54. The Morgan fingerprint density at radius 3 is 1.59 bits per heavy atom. The summed E-state index contributed by atoms with van der Waals surface area (Å²) in [6.45, 7) is 12.4. The van der Waals surface area contributed by atoms with Gasteiger partial charge in [-0.15, -0.1) is 0 Å². The van der Waals surface area contributed by atoms with Gasteiger partial charge in [-0.1, -0.05) is 18.6 Å². The molecule has 24 atom stereocenters. The van der Waals surface area contributed by atoms with Gasteiger partial charge < -0.3 is 87.1 Å². The summed E-state index contributed by atoms with van der Waals surface area (Å²) in [7, 11) is 6.46. The normalized spacial score (nSPS) is 48.5. The summed E-state index contributed by atoms with van der Waals surface area (Å²) in [6, 6.07) is 5.59. The summed E-state index contributed by atoms with van der Waals surface area (Å²) in [5.74, 6) is -1.96. The van der Waals surface area contributed by atoms with Crippen LogP contribution < -0.4 is 0 Å². The van der Waals surface area contributed by atoms with Gasteiger partial charge in [-0.25, -0.2) is 4.79 Å². The summed E-state index contributed by atoms with van der Waals surface area (Å²) >= 11 is 0. The van der Waals surface area contributed by atoms with Crippen LogP contribution >= 0.6 is 0 Å². The maximum absolute atomic E-state index is 13.8. The molecule has 0 amide bonds. The molecule has 0 bridgehead atoms. The van der Waals surface area contributed by atoms with E-state index in [4.69, 9.17) is 61.6 Å². The Kier molecular flexibility index (Phi) is 17.0. The number of carbonyl (C=O) groups is 2. The highest BCUT2D eigenvalue weighted by atomic mass is 16.8. The number of ketones is 1. The molecule has 4 heterocycles. The summed E-state index contributed by atoms with van der Waals surface area (Å²) in [5.41, 5.74) is -7.08. The van der Waals surface area contributed by atoms with Gasteiger partial charge in [-0.3, -0.25) is 4.79 Å². The Bertz CT molecular complexity index is 2230. The van der Waals surface area contributed by atoms with Crippen LogP contribution in [-0.2, 0) is 66.4 Å². The lowest BCUT2D eigenvalue weighted by atomic mass is 9.42. The second kappa shape index (κ2) is 22.3. The Hall–Kier alpha value is -2.74. The van der Waals surface area contributed by atoms with Crippen molar-refractivity contribution in [1.82, 2.24) is 0 Å². The van der Waals surface area contributed by atoms with Crippen LogP contribution in [0.3, 0.4) is 0 Å². The fraction of sp³-hybridized carbons (Fsp3) is 0.821. The maximum atomic E-state index is 13.8. The smallest absolute Gasteiger partial charge is 0.338 e. The molecular weight excluding hydrogens is 993 g/mol. The number of ether oxygens (including phenoxy) is 13. The molecular formula is C56H84O20. The van der Waals surface area contributed by atoms with Gasteiger partial charge in [0.15, 0.2) is 30.9 Å². The Balaban J connectivity index is 0.812. The third-order valence-electron chi connectivity index (χ3n) is 19.5. The molecule has 20 heteroatoms. The first kappa shape index (κ1) is 57.9. The number of esters is 1. The quantitative estimate of drug-likeness (QED) is 0.119. The maximum Gasteiger partial charge on any atom is 0.338 e. The first-order chi connectivity index (χ1) is 36.0. The minimum absolute atomic E-state index is 0.0308.